The first-order valence-electron chi connectivity index (χ1n) is 4.21. The summed E-state index contributed by atoms with van der Waals surface area (Å²) in [7, 11) is 0. The van der Waals surface area contributed by atoms with Gasteiger partial charge in [0.1, 0.15) is 11.5 Å². The molecule has 1 rings (SSSR count). The first kappa shape index (κ1) is 11.0. The fraction of sp³-hybridized carbons (Fsp3) is 0.714. The minimum absolute atomic E-state index is 0.0518. The van der Waals surface area contributed by atoms with E-state index < -0.39 is 5.79 Å². The van der Waals surface area contributed by atoms with Gasteiger partial charge in [0.05, 0.1) is 13.1 Å². The summed E-state index contributed by atoms with van der Waals surface area (Å²) in [5.41, 5.74) is 16.4. The van der Waals surface area contributed by atoms with Crippen LogP contribution in [0.2, 0.25) is 0 Å². The van der Waals surface area contributed by atoms with Crippen LogP contribution in [-0.4, -0.2) is 18.9 Å². The van der Waals surface area contributed by atoms with Crippen molar-refractivity contribution in [2.75, 3.05) is 13.1 Å². The van der Waals surface area contributed by atoms with Gasteiger partial charge < -0.3 is 9.47 Å². The SMILES string of the molecule is CC1(C)OC(CN=[N+]=[N-])=C(CN=[N+]=[N-])O1. The largest absolute Gasteiger partial charge is 0.454 e. The van der Waals surface area contributed by atoms with E-state index in [0.717, 1.165) is 0 Å². The van der Waals surface area contributed by atoms with Gasteiger partial charge in [0.25, 0.3) is 0 Å². The maximum Gasteiger partial charge on any atom is 0.245 e. The lowest BCUT2D eigenvalue weighted by Crippen LogP contribution is -2.21. The van der Waals surface area contributed by atoms with Crippen molar-refractivity contribution in [2.45, 2.75) is 19.6 Å². The Morgan fingerprint density at radius 1 is 1.07 bits per heavy atom. The molecular weight excluding hydrogens is 200 g/mol. The number of nitrogens with zero attached hydrogens (tertiary/aromatic N) is 6. The Kier molecular flexibility index (Phi) is 3.28. The van der Waals surface area contributed by atoms with Crippen molar-refractivity contribution in [1.29, 1.82) is 0 Å². The molecule has 0 unspecified atom stereocenters. The molecule has 0 radical (unpaired) electrons. The van der Waals surface area contributed by atoms with Gasteiger partial charge in [-0.3, -0.25) is 0 Å². The molecular formula is C7H10N6O2. The van der Waals surface area contributed by atoms with Crippen molar-refractivity contribution in [2.24, 2.45) is 10.2 Å². The van der Waals surface area contributed by atoms with Gasteiger partial charge in [-0.15, -0.1) is 0 Å². The second-order valence-electron chi connectivity index (χ2n) is 3.23. The molecule has 0 fully saturated rings. The zero-order valence-electron chi connectivity index (χ0n) is 8.41. The molecule has 0 amide bonds. The van der Waals surface area contributed by atoms with Crippen LogP contribution in [0.25, 0.3) is 20.9 Å². The van der Waals surface area contributed by atoms with Crippen LogP contribution in [0.15, 0.2) is 21.7 Å². The Morgan fingerprint density at radius 3 is 1.80 bits per heavy atom. The molecule has 1 heterocycles. The molecule has 0 spiro atoms. The number of hydrogen-bond donors (Lipinski definition) is 0. The van der Waals surface area contributed by atoms with Crippen LogP contribution in [-0.2, 0) is 9.47 Å². The van der Waals surface area contributed by atoms with E-state index in [-0.39, 0.29) is 13.1 Å². The molecule has 1 aliphatic rings. The number of azide groups is 2. The molecule has 0 atom stereocenters. The van der Waals surface area contributed by atoms with Crippen molar-refractivity contribution < 1.29 is 9.47 Å². The average Bonchev–Trinajstić information content (AvgIpc) is 2.47. The Balaban J connectivity index is 2.81. The van der Waals surface area contributed by atoms with E-state index in [9.17, 15) is 0 Å². The fourth-order valence-electron chi connectivity index (χ4n) is 1.16. The summed E-state index contributed by atoms with van der Waals surface area (Å²) in [5, 5.41) is 6.72. The van der Waals surface area contributed by atoms with Gasteiger partial charge in [0.2, 0.25) is 5.79 Å². The average molecular weight is 210 g/mol. The van der Waals surface area contributed by atoms with E-state index in [2.05, 4.69) is 20.1 Å². The third kappa shape index (κ3) is 2.98. The molecule has 0 saturated heterocycles. The monoisotopic (exact) mass is 210 g/mol. The van der Waals surface area contributed by atoms with Gasteiger partial charge in [-0.25, -0.2) is 0 Å². The van der Waals surface area contributed by atoms with Crippen LogP contribution in [0.1, 0.15) is 13.8 Å². The highest BCUT2D eigenvalue weighted by Gasteiger charge is 2.32. The van der Waals surface area contributed by atoms with Crippen LogP contribution in [0.4, 0.5) is 0 Å². The quantitative estimate of drug-likeness (QED) is 0.402. The zero-order chi connectivity index (χ0) is 11.3. The predicted octanol–water partition coefficient (Wildman–Crippen LogP) is 2.60. The second-order valence-corrected chi connectivity index (χ2v) is 3.23. The van der Waals surface area contributed by atoms with E-state index in [1.165, 1.54) is 0 Å². The second kappa shape index (κ2) is 4.45. The summed E-state index contributed by atoms with van der Waals surface area (Å²) < 4.78 is 10.7. The number of ether oxygens (including phenoxy) is 2. The Morgan fingerprint density at radius 2 is 1.47 bits per heavy atom. The molecule has 80 valence electrons. The van der Waals surface area contributed by atoms with Gasteiger partial charge in [-0.2, -0.15) is 0 Å². The molecule has 0 aromatic carbocycles. The highest BCUT2D eigenvalue weighted by atomic mass is 16.7. The van der Waals surface area contributed by atoms with E-state index in [4.69, 9.17) is 20.5 Å². The van der Waals surface area contributed by atoms with Crippen molar-refractivity contribution in [3.05, 3.63) is 32.4 Å². The van der Waals surface area contributed by atoms with E-state index >= 15 is 0 Å². The van der Waals surface area contributed by atoms with Crippen LogP contribution in [0, 0.1) is 0 Å². The lowest BCUT2D eigenvalue weighted by atomic mass is 10.4. The maximum absolute atomic E-state index is 8.18. The van der Waals surface area contributed by atoms with Gasteiger partial charge >= 0.3 is 0 Å². The summed E-state index contributed by atoms with van der Waals surface area (Å²) in [6.45, 7) is 3.53. The lowest BCUT2D eigenvalue weighted by Gasteiger charge is -2.18. The maximum atomic E-state index is 8.18. The van der Waals surface area contributed by atoms with Gasteiger partial charge in [-0.1, -0.05) is 10.2 Å². The smallest absolute Gasteiger partial charge is 0.245 e. The minimum atomic E-state index is -0.805. The summed E-state index contributed by atoms with van der Waals surface area (Å²) in [6, 6.07) is 0. The fourth-order valence-corrected chi connectivity index (χ4v) is 1.16. The van der Waals surface area contributed by atoms with Crippen LogP contribution in [0.5, 0.6) is 0 Å². The van der Waals surface area contributed by atoms with E-state index in [1.807, 2.05) is 0 Å². The molecule has 15 heavy (non-hydrogen) atoms. The molecule has 0 bridgehead atoms. The standard InChI is InChI=1S/C7H10N6O2/c1-7(2)14-5(3-10-12-8)6(15-7)4-11-13-9/h3-4H2,1-2H3. The Hall–Kier alpha value is -2.04. The molecule has 0 saturated carbocycles. The van der Waals surface area contributed by atoms with Crippen molar-refractivity contribution >= 4 is 0 Å². The summed E-state index contributed by atoms with van der Waals surface area (Å²) in [4.78, 5) is 5.23. The molecule has 8 nitrogen and oxygen atoms in total. The molecule has 1 aliphatic heterocycles. The topological polar surface area (TPSA) is 116 Å². The lowest BCUT2D eigenvalue weighted by molar-refractivity contribution is -0.123. The zero-order valence-corrected chi connectivity index (χ0v) is 8.41. The molecule has 0 aromatic rings. The molecule has 8 heteroatoms. The van der Waals surface area contributed by atoms with Gasteiger partial charge in [0, 0.05) is 23.7 Å². The molecule has 0 aromatic heterocycles. The Labute approximate surface area is 85.7 Å². The molecule has 0 aliphatic carbocycles. The van der Waals surface area contributed by atoms with Crippen molar-refractivity contribution in [3.8, 4) is 0 Å². The number of rotatable bonds is 4. The normalized spacial score (nSPS) is 17.2. The highest BCUT2D eigenvalue weighted by molar-refractivity contribution is 5.11. The van der Waals surface area contributed by atoms with E-state index in [1.54, 1.807) is 13.8 Å². The van der Waals surface area contributed by atoms with Crippen molar-refractivity contribution in [3.63, 3.8) is 0 Å². The predicted molar refractivity (Wildman–Crippen MR) is 51.3 cm³/mol. The van der Waals surface area contributed by atoms with Crippen LogP contribution in [0.3, 0.4) is 0 Å². The minimum Gasteiger partial charge on any atom is -0.454 e. The summed E-state index contributed by atoms with van der Waals surface area (Å²) in [5.74, 6) is 0.0102. The number of hydrogen-bond acceptors (Lipinski definition) is 4. The summed E-state index contributed by atoms with van der Waals surface area (Å²) in [6.07, 6.45) is 0. The first-order valence-corrected chi connectivity index (χ1v) is 4.21. The van der Waals surface area contributed by atoms with Crippen molar-refractivity contribution in [1.82, 2.24) is 0 Å². The Bertz CT molecular complexity index is 341. The third-order valence-corrected chi connectivity index (χ3v) is 1.60. The summed E-state index contributed by atoms with van der Waals surface area (Å²) >= 11 is 0. The van der Waals surface area contributed by atoms with Crippen LogP contribution < -0.4 is 0 Å². The van der Waals surface area contributed by atoms with Gasteiger partial charge in [0.15, 0.2) is 0 Å². The van der Waals surface area contributed by atoms with E-state index in [0.29, 0.717) is 11.5 Å². The third-order valence-electron chi connectivity index (χ3n) is 1.60. The highest BCUT2D eigenvalue weighted by Crippen LogP contribution is 2.30. The van der Waals surface area contributed by atoms with Gasteiger partial charge in [-0.05, 0) is 11.1 Å². The molecule has 0 N–H and O–H groups in total. The van der Waals surface area contributed by atoms with Crippen LogP contribution >= 0.6 is 0 Å². The first-order chi connectivity index (χ1) is 7.09.